The number of thiophene rings is 1. The first kappa shape index (κ1) is 16.2. The number of piperazine rings is 1. The fourth-order valence-corrected chi connectivity index (χ4v) is 2.81. The van der Waals surface area contributed by atoms with Gasteiger partial charge in [-0.25, -0.2) is 13.6 Å². The van der Waals surface area contributed by atoms with Gasteiger partial charge >= 0.3 is 6.03 Å². The normalized spacial score (nSPS) is 18.6. The minimum Gasteiger partial charge on any atom is -0.329 e. The standard InChI is InChI=1S/C14H21F2N3OS/c1-11(14(2,15)16)17-13(20)19-6-4-18(5-7-19)9-12-3-8-21-10-12/h3,8,10-11H,4-7,9H2,1-2H3,(H,17,20). The first-order valence-electron chi connectivity index (χ1n) is 7.03. The molecule has 21 heavy (non-hydrogen) atoms. The van der Waals surface area contributed by atoms with Crippen molar-refractivity contribution in [1.29, 1.82) is 0 Å². The van der Waals surface area contributed by atoms with Crippen LogP contribution >= 0.6 is 11.3 Å². The van der Waals surface area contributed by atoms with E-state index in [1.54, 1.807) is 16.2 Å². The SMILES string of the molecule is CC(NC(=O)N1CCN(Cc2ccsc2)CC1)C(C)(F)F. The second kappa shape index (κ2) is 6.70. The highest BCUT2D eigenvalue weighted by Crippen LogP contribution is 2.17. The van der Waals surface area contributed by atoms with Crippen LogP contribution in [0.1, 0.15) is 19.4 Å². The summed E-state index contributed by atoms with van der Waals surface area (Å²) >= 11 is 1.67. The van der Waals surface area contributed by atoms with Crippen LogP contribution in [0.3, 0.4) is 0 Å². The summed E-state index contributed by atoms with van der Waals surface area (Å²) in [7, 11) is 0. The smallest absolute Gasteiger partial charge is 0.317 e. The maximum atomic E-state index is 13.1. The topological polar surface area (TPSA) is 35.6 Å². The van der Waals surface area contributed by atoms with Gasteiger partial charge in [-0.05, 0) is 29.3 Å². The van der Waals surface area contributed by atoms with Crippen LogP contribution in [-0.2, 0) is 6.54 Å². The molecule has 1 aromatic rings. The zero-order valence-electron chi connectivity index (χ0n) is 12.3. The lowest BCUT2D eigenvalue weighted by atomic mass is 10.2. The van der Waals surface area contributed by atoms with Gasteiger partial charge in [-0.1, -0.05) is 0 Å². The van der Waals surface area contributed by atoms with Gasteiger partial charge in [-0.2, -0.15) is 11.3 Å². The Kier molecular flexibility index (Phi) is 5.16. The van der Waals surface area contributed by atoms with Crippen molar-refractivity contribution in [3.05, 3.63) is 22.4 Å². The van der Waals surface area contributed by atoms with Crippen LogP contribution in [0.4, 0.5) is 13.6 Å². The number of carbonyl (C=O) groups excluding carboxylic acids is 1. The van der Waals surface area contributed by atoms with Crippen LogP contribution < -0.4 is 5.32 Å². The molecule has 1 N–H and O–H groups in total. The van der Waals surface area contributed by atoms with Crippen LogP contribution in [-0.4, -0.2) is 54.0 Å². The van der Waals surface area contributed by atoms with Gasteiger partial charge in [0, 0.05) is 39.6 Å². The predicted octanol–water partition coefficient (Wildman–Crippen LogP) is 2.62. The maximum absolute atomic E-state index is 13.1. The average Bonchev–Trinajstić information content (AvgIpc) is 2.91. The molecule has 118 valence electrons. The highest BCUT2D eigenvalue weighted by Gasteiger charge is 2.33. The molecule has 1 atom stereocenters. The number of urea groups is 1. The number of rotatable bonds is 4. The van der Waals surface area contributed by atoms with E-state index < -0.39 is 18.0 Å². The highest BCUT2D eigenvalue weighted by atomic mass is 32.1. The third kappa shape index (κ3) is 4.64. The number of amides is 2. The van der Waals surface area contributed by atoms with E-state index in [1.807, 2.05) is 5.38 Å². The van der Waals surface area contributed by atoms with Crippen LogP contribution in [0.25, 0.3) is 0 Å². The molecule has 0 spiro atoms. The second-order valence-corrected chi connectivity index (χ2v) is 6.30. The Morgan fingerprint density at radius 1 is 1.43 bits per heavy atom. The van der Waals surface area contributed by atoms with E-state index in [-0.39, 0.29) is 0 Å². The highest BCUT2D eigenvalue weighted by molar-refractivity contribution is 7.07. The van der Waals surface area contributed by atoms with Crippen molar-refractivity contribution in [3.63, 3.8) is 0 Å². The number of halogens is 2. The van der Waals surface area contributed by atoms with Gasteiger partial charge in [-0.15, -0.1) is 0 Å². The van der Waals surface area contributed by atoms with Crippen LogP contribution in [0.15, 0.2) is 16.8 Å². The van der Waals surface area contributed by atoms with Crippen molar-refractivity contribution < 1.29 is 13.6 Å². The van der Waals surface area contributed by atoms with Crippen molar-refractivity contribution in [1.82, 2.24) is 15.1 Å². The largest absolute Gasteiger partial charge is 0.329 e. The molecule has 7 heteroatoms. The van der Waals surface area contributed by atoms with Crippen LogP contribution in [0.5, 0.6) is 0 Å². The summed E-state index contributed by atoms with van der Waals surface area (Å²) in [5.74, 6) is -2.91. The van der Waals surface area contributed by atoms with Crippen LogP contribution in [0.2, 0.25) is 0 Å². The summed E-state index contributed by atoms with van der Waals surface area (Å²) in [4.78, 5) is 15.8. The van der Waals surface area contributed by atoms with Gasteiger partial charge in [0.25, 0.3) is 5.92 Å². The molecule has 0 radical (unpaired) electrons. The lowest BCUT2D eigenvalue weighted by molar-refractivity contribution is -0.0104. The summed E-state index contributed by atoms with van der Waals surface area (Å²) in [5.41, 5.74) is 1.28. The number of carbonyl (C=O) groups is 1. The molecule has 2 rings (SSSR count). The number of nitrogens with one attached hydrogen (secondary N) is 1. The van der Waals surface area contributed by atoms with E-state index in [0.29, 0.717) is 13.1 Å². The van der Waals surface area contributed by atoms with Crippen molar-refractivity contribution in [2.45, 2.75) is 32.4 Å². The molecule has 2 amide bonds. The van der Waals surface area contributed by atoms with E-state index >= 15 is 0 Å². The molecule has 0 bridgehead atoms. The Morgan fingerprint density at radius 3 is 2.62 bits per heavy atom. The Labute approximate surface area is 127 Å². The molecule has 1 aliphatic heterocycles. The molecule has 1 fully saturated rings. The average molecular weight is 317 g/mol. The number of hydrogen-bond acceptors (Lipinski definition) is 3. The van der Waals surface area contributed by atoms with E-state index in [0.717, 1.165) is 26.6 Å². The lowest BCUT2D eigenvalue weighted by Crippen LogP contribution is -2.55. The van der Waals surface area contributed by atoms with Gasteiger partial charge in [0.1, 0.15) is 0 Å². The van der Waals surface area contributed by atoms with E-state index in [2.05, 4.69) is 21.7 Å². The van der Waals surface area contributed by atoms with Crippen molar-refractivity contribution in [3.8, 4) is 0 Å². The van der Waals surface area contributed by atoms with Gasteiger partial charge in [0.2, 0.25) is 0 Å². The molecule has 2 heterocycles. The molecule has 0 aliphatic carbocycles. The van der Waals surface area contributed by atoms with Crippen LogP contribution in [0, 0.1) is 0 Å². The third-order valence-electron chi connectivity index (χ3n) is 3.75. The summed E-state index contributed by atoms with van der Waals surface area (Å²) in [6.45, 7) is 5.68. The molecule has 1 unspecified atom stereocenters. The molecular weight excluding hydrogens is 296 g/mol. The van der Waals surface area contributed by atoms with Gasteiger partial charge in [0.05, 0.1) is 6.04 Å². The van der Waals surface area contributed by atoms with Crippen molar-refractivity contribution in [2.75, 3.05) is 26.2 Å². The Morgan fingerprint density at radius 2 is 2.10 bits per heavy atom. The Hall–Kier alpha value is -1.21. The summed E-state index contributed by atoms with van der Waals surface area (Å²) in [6, 6.07) is 0.530. The monoisotopic (exact) mass is 317 g/mol. The molecule has 1 saturated heterocycles. The number of alkyl halides is 2. The Balaban J connectivity index is 1.77. The minimum atomic E-state index is -2.91. The number of nitrogens with zero attached hydrogens (tertiary/aromatic N) is 2. The minimum absolute atomic E-state index is 0.404. The molecule has 4 nitrogen and oxygen atoms in total. The molecular formula is C14H21F2N3OS. The van der Waals surface area contributed by atoms with Crippen molar-refractivity contribution in [2.24, 2.45) is 0 Å². The summed E-state index contributed by atoms with van der Waals surface area (Å²) in [6.07, 6.45) is 0. The summed E-state index contributed by atoms with van der Waals surface area (Å²) < 4.78 is 26.2. The third-order valence-corrected chi connectivity index (χ3v) is 4.48. The number of hydrogen-bond donors (Lipinski definition) is 1. The Bertz CT molecular complexity index is 453. The predicted molar refractivity (Wildman–Crippen MR) is 79.8 cm³/mol. The second-order valence-electron chi connectivity index (χ2n) is 5.52. The van der Waals surface area contributed by atoms with E-state index in [1.165, 1.54) is 12.5 Å². The van der Waals surface area contributed by atoms with Crippen molar-refractivity contribution >= 4 is 17.4 Å². The van der Waals surface area contributed by atoms with E-state index in [4.69, 9.17) is 0 Å². The zero-order chi connectivity index (χ0) is 15.5. The fraction of sp³-hybridized carbons (Fsp3) is 0.643. The first-order chi connectivity index (χ1) is 9.86. The molecule has 0 aromatic carbocycles. The molecule has 1 aromatic heterocycles. The zero-order valence-corrected chi connectivity index (χ0v) is 13.1. The van der Waals surface area contributed by atoms with Gasteiger partial charge < -0.3 is 10.2 Å². The molecule has 0 saturated carbocycles. The maximum Gasteiger partial charge on any atom is 0.317 e. The fourth-order valence-electron chi connectivity index (χ4n) is 2.15. The molecule has 1 aliphatic rings. The quantitative estimate of drug-likeness (QED) is 0.926. The van der Waals surface area contributed by atoms with Gasteiger partial charge in [-0.3, -0.25) is 4.90 Å². The first-order valence-corrected chi connectivity index (χ1v) is 7.97. The lowest BCUT2D eigenvalue weighted by Gasteiger charge is -2.35. The van der Waals surface area contributed by atoms with Gasteiger partial charge in [0.15, 0.2) is 0 Å². The summed E-state index contributed by atoms with van der Waals surface area (Å²) in [5, 5.41) is 6.53. The van der Waals surface area contributed by atoms with E-state index in [9.17, 15) is 13.6 Å².